The topological polar surface area (TPSA) is 100 Å². The van der Waals surface area contributed by atoms with Crippen molar-refractivity contribution in [1.29, 1.82) is 0 Å². The zero-order valence-electron chi connectivity index (χ0n) is 20.9. The van der Waals surface area contributed by atoms with Crippen molar-refractivity contribution in [2.45, 2.75) is 19.0 Å². The van der Waals surface area contributed by atoms with Gasteiger partial charge in [0.15, 0.2) is 27.6 Å². The first kappa shape index (κ1) is 25.5. The number of hydrogen-bond donors (Lipinski definition) is 1. The largest absolute Gasteiger partial charge is 0.493 e. The molecule has 36 heavy (non-hydrogen) atoms. The summed E-state index contributed by atoms with van der Waals surface area (Å²) in [6.45, 7) is 4.15. The van der Waals surface area contributed by atoms with E-state index in [4.69, 9.17) is 14.2 Å². The molecule has 188 valence electrons. The van der Waals surface area contributed by atoms with Crippen molar-refractivity contribution in [1.82, 2.24) is 19.7 Å². The van der Waals surface area contributed by atoms with E-state index < -0.39 is 0 Å². The van der Waals surface area contributed by atoms with Gasteiger partial charge in [-0.2, -0.15) is 0 Å². The predicted molar refractivity (Wildman–Crippen MR) is 142 cm³/mol. The number of aryl methyl sites for hydroxylation is 2. The van der Waals surface area contributed by atoms with Crippen LogP contribution in [0.25, 0.3) is 22.6 Å². The summed E-state index contributed by atoms with van der Waals surface area (Å²) >= 11 is 2.69. The van der Waals surface area contributed by atoms with Gasteiger partial charge in [0.05, 0.1) is 32.8 Å². The lowest BCUT2D eigenvalue weighted by atomic mass is 10.1. The van der Waals surface area contributed by atoms with Gasteiger partial charge in [-0.05, 0) is 43.2 Å². The SMILES string of the molecule is COc1cc(-c2nnc(SCC(=O)Nc3nc(-c4ccc(C)c(C)c4)cs3)n2C)cc(OC)c1OC. The fourth-order valence-electron chi connectivity index (χ4n) is 3.55. The molecule has 0 aliphatic rings. The number of nitrogens with one attached hydrogen (secondary N) is 1. The van der Waals surface area contributed by atoms with Crippen LogP contribution in [-0.4, -0.2) is 52.7 Å². The number of carbonyl (C=O) groups excluding carboxylic acids is 1. The zero-order chi connectivity index (χ0) is 25.8. The molecule has 0 radical (unpaired) electrons. The summed E-state index contributed by atoms with van der Waals surface area (Å²) in [7, 11) is 6.52. The highest BCUT2D eigenvalue weighted by Crippen LogP contribution is 2.41. The summed E-state index contributed by atoms with van der Waals surface area (Å²) in [5, 5.41) is 14.5. The molecule has 0 aliphatic carbocycles. The molecule has 4 aromatic rings. The van der Waals surface area contributed by atoms with Gasteiger partial charge in [-0.1, -0.05) is 23.9 Å². The lowest BCUT2D eigenvalue weighted by Crippen LogP contribution is -2.14. The molecular formula is C25H27N5O4S2. The third-order valence-corrected chi connectivity index (χ3v) is 7.42. The first-order chi connectivity index (χ1) is 17.3. The van der Waals surface area contributed by atoms with E-state index in [9.17, 15) is 4.79 Å². The van der Waals surface area contributed by atoms with Crippen LogP contribution in [0.5, 0.6) is 17.2 Å². The number of nitrogens with zero attached hydrogens (tertiary/aromatic N) is 4. The predicted octanol–water partition coefficient (Wildman–Crippen LogP) is 4.98. The molecule has 0 atom stereocenters. The first-order valence-electron chi connectivity index (χ1n) is 11.0. The van der Waals surface area contributed by atoms with Crippen molar-refractivity contribution in [3.8, 4) is 39.9 Å². The Balaban J connectivity index is 1.43. The van der Waals surface area contributed by atoms with E-state index in [2.05, 4.69) is 46.5 Å². The molecule has 0 bridgehead atoms. The lowest BCUT2D eigenvalue weighted by molar-refractivity contribution is -0.113. The van der Waals surface area contributed by atoms with E-state index in [1.165, 1.54) is 34.2 Å². The molecule has 4 rings (SSSR count). The molecule has 1 N–H and O–H groups in total. The normalized spacial score (nSPS) is 10.8. The van der Waals surface area contributed by atoms with E-state index in [0.717, 1.165) is 16.8 Å². The first-order valence-corrected chi connectivity index (χ1v) is 12.9. The van der Waals surface area contributed by atoms with Gasteiger partial charge in [0.1, 0.15) is 0 Å². The number of ether oxygens (including phenoxy) is 3. The van der Waals surface area contributed by atoms with Crippen molar-refractivity contribution in [2.75, 3.05) is 32.4 Å². The highest BCUT2D eigenvalue weighted by Gasteiger charge is 2.19. The maximum atomic E-state index is 12.6. The van der Waals surface area contributed by atoms with Crippen molar-refractivity contribution in [3.05, 3.63) is 46.8 Å². The Labute approximate surface area is 217 Å². The third-order valence-electron chi connectivity index (χ3n) is 5.64. The fourth-order valence-corrected chi connectivity index (χ4v) is 5.00. The van der Waals surface area contributed by atoms with Crippen LogP contribution in [0, 0.1) is 13.8 Å². The molecule has 2 aromatic carbocycles. The van der Waals surface area contributed by atoms with Crippen molar-refractivity contribution in [2.24, 2.45) is 7.05 Å². The molecular weight excluding hydrogens is 498 g/mol. The number of methoxy groups -OCH3 is 3. The maximum Gasteiger partial charge on any atom is 0.236 e. The minimum Gasteiger partial charge on any atom is -0.493 e. The highest BCUT2D eigenvalue weighted by atomic mass is 32.2. The minimum atomic E-state index is -0.168. The van der Waals surface area contributed by atoms with Gasteiger partial charge >= 0.3 is 0 Å². The molecule has 2 aromatic heterocycles. The van der Waals surface area contributed by atoms with Gasteiger partial charge in [0.25, 0.3) is 0 Å². The molecule has 0 saturated carbocycles. The van der Waals surface area contributed by atoms with Crippen LogP contribution in [0.15, 0.2) is 40.9 Å². The zero-order valence-corrected chi connectivity index (χ0v) is 22.5. The molecule has 0 aliphatic heterocycles. The summed E-state index contributed by atoms with van der Waals surface area (Å²) in [4.78, 5) is 17.2. The van der Waals surface area contributed by atoms with E-state index >= 15 is 0 Å². The summed E-state index contributed by atoms with van der Waals surface area (Å²) in [6.07, 6.45) is 0. The van der Waals surface area contributed by atoms with E-state index in [1.807, 2.05) is 35.2 Å². The van der Waals surface area contributed by atoms with E-state index in [0.29, 0.717) is 33.4 Å². The highest BCUT2D eigenvalue weighted by molar-refractivity contribution is 7.99. The second-order valence-electron chi connectivity index (χ2n) is 7.95. The number of amides is 1. The van der Waals surface area contributed by atoms with Gasteiger partial charge in [0, 0.05) is 23.6 Å². The van der Waals surface area contributed by atoms with Crippen LogP contribution < -0.4 is 19.5 Å². The summed E-state index contributed by atoms with van der Waals surface area (Å²) in [5.41, 5.74) is 5.06. The fraction of sp³-hybridized carbons (Fsp3) is 0.280. The third kappa shape index (κ3) is 5.31. The Morgan fingerprint density at radius 2 is 1.72 bits per heavy atom. The van der Waals surface area contributed by atoms with Crippen LogP contribution >= 0.6 is 23.1 Å². The number of hydrogen-bond acceptors (Lipinski definition) is 9. The van der Waals surface area contributed by atoms with Crippen LogP contribution in [-0.2, 0) is 11.8 Å². The Bertz CT molecular complexity index is 1370. The second-order valence-corrected chi connectivity index (χ2v) is 9.75. The Morgan fingerprint density at radius 3 is 2.36 bits per heavy atom. The molecule has 0 unspecified atom stereocenters. The van der Waals surface area contributed by atoms with Crippen molar-refractivity contribution >= 4 is 34.1 Å². The molecule has 0 spiro atoms. The smallest absolute Gasteiger partial charge is 0.236 e. The number of aromatic nitrogens is 4. The quantitative estimate of drug-likeness (QED) is 0.306. The van der Waals surface area contributed by atoms with Crippen LogP contribution in [0.3, 0.4) is 0 Å². The van der Waals surface area contributed by atoms with E-state index in [1.54, 1.807) is 21.3 Å². The number of carbonyl (C=O) groups is 1. The number of thiazole rings is 1. The van der Waals surface area contributed by atoms with Gasteiger partial charge < -0.3 is 24.1 Å². The summed E-state index contributed by atoms with van der Waals surface area (Å²) in [6, 6.07) is 9.83. The maximum absolute atomic E-state index is 12.6. The molecule has 9 nitrogen and oxygen atoms in total. The molecule has 1 amide bonds. The number of thioether (sulfide) groups is 1. The van der Waals surface area contributed by atoms with Crippen molar-refractivity contribution in [3.63, 3.8) is 0 Å². The minimum absolute atomic E-state index is 0.166. The van der Waals surface area contributed by atoms with Crippen LogP contribution in [0.2, 0.25) is 0 Å². The van der Waals surface area contributed by atoms with Gasteiger partial charge in [-0.3, -0.25) is 4.79 Å². The Morgan fingerprint density at radius 1 is 1.00 bits per heavy atom. The Kier molecular flexibility index (Phi) is 7.80. The number of rotatable bonds is 9. The van der Waals surface area contributed by atoms with E-state index in [-0.39, 0.29) is 11.7 Å². The summed E-state index contributed by atoms with van der Waals surface area (Å²) < 4.78 is 18.1. The Hall–Kier alpha value is -3.57. The monoisotopic (exact) mass is 525 g/mol. The van der Waals surface area contributed by atoms with Gasteiger partial charge in [-0.15, -0.1) is 21.5 Å². The van der Waals surface area contributed by atoms with Crippen LogP contribution in [0.4, 0.5) is 5.13 Å². The van der Waals surface area contributed by atoms with Gasteiger partial charge in [0.2, 0.25) is 11.7 Å². The molecule has 11 heteroatoms. The summed E-state index contributed by atoms with van der Waals surface area (Å²) in [5.74, 6) is 2.15. The van der Waals surface area contributed by atoms with Crippen molar-refractivity contribution < 1.29 is 19.0 Å². The molecule has 0 saturated heterocycles. The average Bonchev–Trinajstić information content (AvgIpc) is 3.49. The van der Waals surface area contributed by atoms with Gasteiger partial charge in [-0.25, -0.2) is 4.98 Å². The molecule has 2 heterocycles. The van der Waals surface area contributed by atoms with Crippen LogP contribution in [0.1, 0.15) is 11.1 Å². The lowest BCUT2D eigenvalue weighted by Gasteiger charge is -2.14. The average molecular weight is 526 g/mol. The number of benzene rings is 2. The number of anilines is 1. The standard InChI is InChI=1S/C25H27N5O4S2/c1-14-7-8-16(9-15(14)2)18-12-35-24(26-18)27-21(31)13-36-25-29-28-23(30(25)3)17-10-19(32-4)22(34-6)20(11-17)33-5/h7-12H,13H2,1-6H3,(H,26,27,31). The molecule has 0 fully saturated rings. The second kappa shape index (κ2) is 11.0.